The zero-order chi connectivity index (χ0) is 26.0. The maximum absolute atomic E-state index is 13.2. The van der Waals surface area contributed by atoms with Crippen LogP contribution in [0, 0.1) is 0 Å². The Kier molecular flexibility index (Phi) is 5.38. The maximum atomic E-state index is 13.2. The number of imidazole rings is 1. The van der Waals surface area contributed by atoms with E-state index >= 15 is 0 Å². The molecular weight excluding hydrogens is 492 g/mol. The Bertz CT molecular complexity index is 1490. The van der Waals surface area contributed by atoms with Crippen LogP contribution in [0.1, 0.15) is 49.1 Å². The molecule has 4 atom stereocenters. The van der Waals surface area contributed by atoms with Gasteiger partial charge in [-0.15, -0.1) is 0 Å². The van der Waals surface area contributed by atoms with Gasteiger partial charge in [0, 0.05) is 41.2 Å². The fourth-order valence-corrected chi connectivity index (χ4v) is 6.34. The quantitative estimate of drug-likeness (QED) is 0.416. The molecule has 0 spiro atoms. The van der Waals surface area contributed by atoms with E-state index in [2.05, 4.69) is 4.90 Å². The Morgan fingerprint density at radius 3 is 2.53 bits per heavy atom. The molecule has 8 nitrogen and oxygen atoms in total. The second kappa shape index (κ2) is 8.71. The van der Waals surface area contributed by atoms with Gasteiger partial charge in [0.25, 0.3) is 0 Å². The average Bonchev–Trinajstić information content (AvgIpc) is 3.50. The molecule has 2 saturated heterocycles. The number of anilines is 1. The highest BCUT2D eigenvalue weighted by atomic mass is 19.3. The van der Waals surface area contributed by atoms with Gasteiger partial charge in [-0.3, -0.25) is 0 Å². The summed E-state index contributed by atoms with van der Waals surface area (Å²) in [5, 5.41) is 11.2. The lowest BCUT2D eigenvalue weighted by molar-refractivity contribution is -0.0506. The molecule has 7 rings (SSSR count). The predicted octanol–water partition coefficient (Wildman–Crippen LogP) is 4.50. The largest absolute Gasteiger partial charge is 0.435 e. The van der Waals surface area contributed by atoms with Crippen LogP contribution in [0.5, 0.6) is 5.75 Å². The van der Waals surface area contributed by atoms with Crippen molar-refractivity contribution in [3.63, 3.8) is 0 Å². The molecule has 196 valence electrons. The van der Waals surface area contributed by atoms with E-state index in [0.29, 0.717) is 48.6 Å². The van der Waals surface area contributed by atoms with Crippen molar-refractivity contribution in [1.82, 2.24) is 19.4 Å². The number of benzene rings is 1. The van der Waals surface area contributed by atoms with Crippen molar-refractivity contribution in [2.45, 2.75) is 56.4 Å². The van der Waals surface area contributed by atoms with Crippen LogP contribution in [0.15, 0.2) is 55.0 Å². The first kappa shape index (κ1) is 23.5. The molecule has 0 saturated carbocycles. The summed E-state index contributed by atoms with van der Waals surface area (Å²) in [6.07, 6.45) is 8.09. The van der Waals surface area contributed by atoms with Crippen molar-refractivity contribution in [1.29, 1.82) is 0 Å². The number of aliphatic hydroxyl groups is 1. The van der Waals surface area contributed by atoms with E-state index in [1.807, 2.05) is 35.1 Å². The number of hydrogen-bond donors (Lipinski definition) is 1. The van der Waals surface area contributed by atoms with Gasteiger partial charge in [0.2, 0.25) is 5.95 Å². The van der Waals surface area contributed by atoms with Crippen molar-refractivity contribution in [3.05, 3.63) is 71.9 Å². The highest BCUT2D eigenvalue weighted by Crippen LogP contribution is 2.49. The van der Waals surface area contributed by atoms with Crippen molar-refractivity contribution < 1.29 is 23.4 Å². The van der Waals surface area contributed by atoms with Crippen LogP contribution in [0.3, 0.4) is 0 Å². The molecule has 38 heavy (non-hydrogen) atoms. The lowest BCUT2D eigenvalue weighted by Gasteiger charge is -2.34. The van der Waals surface area contributed by atoms with Gasteiger partial charge in [0.05, 0.1) is 36.7 Å². The number of pyridine rings is 1. The Hall–Kier alpha value is -3.63. The number of hydrogen-bond acceptors (Lipinski definition) is 7. The molecular formula is C28H27F2N5O3. The molecule has 10 heteroatoms. The van der Waals surface area contributed by atoms with Gasteiger partial charge in [-0.25, -0.2) is 15.0 Å². The Balaban J connectivity index is 1.28. The van der Waals surface area contributed by atoms with E-state index in [4.69, 9.17) is 24.4 Å². The van der Waals surface area contributed by atoms with Gasteiger partial charge in [-0.2, -0.15) is 8.78 Å². The molecule has 2 aliphatic heterocycles. The summed E-state index contributed by atoms with van der Waals surface area (Å²) in [4.78, 5) is 16.4. The van der Waals surface area contributed by atoms with E-state index in [1.54, 1.807) is 25.1 Å². The minimum atomic E-state index is -2.94. The number of halogens is 2. The Labute approximate surface area is 217 Å². The van der Waals surface area contributed by atoms with Crippen molar-refractivity contribution in [3.8, 4) is 16.9 Å². The monoisotopic (exact) mass is 519 g/mol. The van der Waals surface area contributed by atoms with Crippen LogP contribution in [0.4, 0.5) is 14.7 Å². The summed E-state index contributed by atoms with van der Waals surface area (Å²) in [5.74, 6) is 0.444. The smallest absolute Gasteiger partial charge is 0.387 e. The van der Waals surface area contributed by atoms with Crippen molar-refractivity contribution in [2.75, 3.05) is 18.1 Å². The van der Waals surface area contributed by atoms with Crippen LogP contribution in [-0.2, 0) is 10.3 Å². The van der Waals surface area contributed by atoms with Crippen molar-refractivity contribution >= 4 is 11.6 Å². The molecule has 1 aliphatic carbocycles. The fraction of sp³-hybridized carbons (Fsp3) is 0.393. The number of morpholine rings is 1. The lowest BCUT2D eigenvalue weighted by atomic mass is 9.93. The van der Waals surface area contributed by atoms with Gasteiger partial charge in [0.15, 0.2) is 0 Å². The number of ether oxygens (including phenoxy) is 2. The van der Waals surface area contributed by atoms with Crippen LogP contribution >= 0.6 is 0 Å². The van der Waals surface area contributed by atoms with E-state index in [9.17, 15) is 13.9 Å². The van der Waals surface area contributed by atoms with E-state index < -0.39 is 12.2 Å². The maximum Gasteiger partial charge on any atom is 0.387 e. The number of para-hydroxylation sites is 1. The zero-order valence-electron chi connectivity index (χ0n) is 20.8. The molecule has 0 amide bonds. The molecule has 2 unspecified atom stereocenters. The van der Waals surface area contributed by atoms with Crippen LogP contribution in [-0.4, -0.2) is 56.4 Å². The molecule has 1 aromatic carbocycles. The molecule has 2 bridgehead atoms. The fourth-order valence-electron chi connectivity index (χ4n) is 6.34. The first-order valence-corrected chi connectivity index (χ1v) is 12.9. The Morgan fingerprint density at radius 1 is 1.05 bits per heavy atom. The zero-order valence-corrected chi connectivity index (χ0v) is 20.8. The lowest BCUT2D eigenvalue weighted by Crippen LogP contribution is -2.46. The predicted molar refractivity (Wildman–Crippen MR) is 135 cm³/mol. The normalized spacial score (nSPS) is 26.3. The third-order valence-corrected chi connectivity index (χ3v) is 8.05. The number of aromatic nitrogens is 4. The average molecular weight is 520 g/mol. The highest BCUT2D eigenvalue weighted by Gasteiger charge is 2.45. The molecule has 0 radical (unpaired) electrons. The second-order valence-corrected chi connectivity index (χ2v) is 10.5. The van der Waals surface area contributed by atoms with E-state index in [-0.39, 0.29) is 11.7 Å². The Morgan fingerprint density at radius 2 is 1.79 bits per heavy atom. The summed E-state index contributed by atoms with van der Waals surface area (Å²) in [6.45, 7) is 0.184. The third kappa shape index (κ3) is 3.73. The minimum absolute atomic E-state index is 0.100. The van der Waals surface area contributed by atoms with Crippen LogP contribution in [0.25, 0.3) is 16.8 Å². The molecule has 3 aromatic heterocycles. The van der Waals surface area contributed by atoms with Crippen molar-refractivity contribution in [2.24, 2.45) is 0 Å². The molecule has 3 aliphatic rings. The molecule has 5 heterocycles. The first-order chi connectivity index (χ1) is 18.4. The van der Waals surface area contributed by atoms with Gasteiger partial charge >= 0.3 is 6.61 Å². The van der Waals surface area contributed by atoms with Gasteiger partial charge in [-0.05, 0) is 44.4 Å². The third-order valence-electron chi connectivity index (χ3n) is 8.05. The SMILES string of the molecule is C[C@@]1(O)C[C@H](c2ccccc2OC(F)F)c2c1nc1ccc(-c3cnc(N4C5CCC4COC5)nc3)cn21. The second-order valence-electron chi connectivity index (χ2n) is 10.5. The number of fused-ring (bicyclic) bond motifs is 5. The summed E-state index contributed by atoms with van der Waals surface area (Å²) >= 11 is 0. The van der Waals surface area contributed by atoms with Crippen LogP contribution < -0.4 is 9.64 Å². The van der Waals surface area contributed by atoms with Crippen LogP contribution in [0.2, 0.25) is 0 Å². The van der Waals surface area contributed by atoms with Gasteiger partial charge < -0.3 is 23.9 Å². The summed E-state index contributed by atoms with van der Waals surface area (Å²) in [6, 6.07) is 11.2. The number of alkyl halides is 2. The standard InChI is InChI=1S/C28H27F2N5O3/c1-28(36)10-21(20-4-2-3-5-22(20)38-26(29)30)24-25(28)33-23-9-6-16(13-34(23)24)17-11-31-27(32-12-17)35-18-7-8-19(35)15-37-14-18/h2-6,9,11-13,18-19,21,26,36H,7-8,10,14-15H2,1H3/t18?,19?,21-,28-/m1/s1. The van der Waals surface area contributed by atoms with E-state index in [0.717, 1.165) is 35.6 Å². The highest BCUT2D eigenvalue weighted by molar-refractivity contribution is 5.65. The number of rotatable bonds is 5. The summed E-state index contributed by atoms with van der Waals surface area (Å²) in [7, 11) is 0. The molecule has 4 aromatic rings. The minimum Gasteiger partial charge on any atom is -0.435 e. The first-order valence-electron chi connectivity index (χ1n) is 12.9. The topological polar surface area (TPSA) is 85.0 Å². The number of nitrogens with zero attached hydrogens (tertiary/aromatic N) is 5. The van der Waals surface area contributed by atoms with Gasteiger partial charge in [-0.1, -0.05) is 18.2 Å². The van der Waals surface area contributed by atoms with E-state index in [1.165, 1.54) is 6.07 Å². The van der Waals surface area contributed by atoms with Gasteiger partial charge in [0.1, 0.15) is 17.0 Å². The molecule has 2 fully saturated rings. The summed E-state index contributed by atoms with van der Waals surface area (Å²) < 4.78 is 38.8. The molecule has 1 N–H and O–H groups in total. The summed E-state index contributed by atoms with van der Waals surface area (Å²) in [5.41, 5.74) is 3.08.